The van der Waals surface area contributed by atoms with E-state index in [1.807, 2.05) is 12.1 Å². The van der Waals surface area contributed by atoms with Crippen LogP contribution in [0.2, 0.25) is 0 Å². The summed E-state index contributed by atoms with van der Waals surface area (Å²) in [5.74, 6) is 0.961. The minimum Gasteiger partial charge on any atom is -0.490 e. The number of rotatable bonds is 6. The van der Waals surface area contributed by atoms with Gasteiger partial charge in [0.05, 0.1) is 6.61 Å². The minimum absolute atomic E-state index is 0.164. The average Bonchev–Trinajstić information content (AvgIpc) is 3.28. The minimum atomic E-state index is 0.164. The number of morpholine rings is 1. The number of likely N-dealkylation sites (N-methyl/N-ethyl adjacent to an activating group) is 1. The van der Waals surface area contributed by atoms with Gasteiger partial charge >= 0.3 is 0 Å². The zero-order valence-corrected chi connectivity index (χ0v) is 14.1. The molecule has 1 saturated heterocycles. The van der Waals surface area contributed by atoms with Crippen molar-refractivity contribution in [3.8, 4) is 5.75 Å². The van der Waals surface area contributed by atoms with E-state index in [0.29, 0.717) is 12.6 Å². The first kappa shape index (κ1) is 15.3. The molecule has 0 spiro atoms. The van der Waals surface area contributed by atoms with Crippen molar-refractivity contribution < 1.29 is 9.47 Å². The van der Waals surface area contributed by atoms with Crippen LogP contribution < -0.4 is 10.1 Å². The van der Waals surface area contributed by atoms with Crippen molar-refractivity contribution in [3.63, 3.8) is 0 Å². The normalized spacial score (nSPS) is 23.2. The predicted octanol–water partition coefficient (Wildman–Crippen LogP) is 2.41. The molecular formula is C16H23BrN2O2. The average molecular weight is 355 g/mol. The second-order valence-corrected chi connectivity index (χ2v) is 6.89. The van der Waals surface area contributed by atoms with E-state index in [4.69, 9.17) is 9.47 Å². The van der Waals surface area contributed by atoms with Gasteiger partial charge < -0.3 is 19.7 Å². The highest BCUT2D eigenvalue weighted by atomic mass is 79.9. The number of nitrogens with one attached hydrogen (secondary N) is 1. The Morgan fingerprint density at radius 3 is 3.05 bits per heavy atom. The molecule has 1 unspecified atom stereocenters. The van der Waals surface area contributed by atoms with Crippen molar-refractivity contribution in [2.75, 3.05) is 33.4 Å². The summed E-state index contributed by atoms with van der Waals surface area (Å²) in [6.07, 6.45) is 2.76. The maximum absolute atomic E-state index is 6.02. The Labute approximate surface area is 134 Å². The lowest BCUT2D eigenvalue weighted by Crippen LogP contribution is -2.42. The topological polar surface area (TPSA) is 33.7 Å². The zero-order chi connectivity index (χ0) is 14.7. The number of nitrogens with zero attached hydrogens (tertiary/aromatic N) is 1. The first-order chi connectivity index (χ1) is 10.2. The van der Waals surface area contributed by atoms with Crippen LogP contribution >= 0.6 is 15.9 Å². The third-order valence-corrected chi connectivity index (χ3v) is 4.44. The van der Waals surface area contributed by atoms with Gasteiger partial charge in [0.25, 0.3) is 0 Å². The highest BCUT2D eigenvalue weighted by Gasteiger charge is 2.21. The summed E-state index contributed by atoms with van der Waals surface area (Å²) in [4.78, 5) is 2.29. The number of hydrogen-bond acceptors (Lipinski definition) is 4. The van der Waals surface area contributed by atoms with E-state index in [0.717, 1.165) is 36.5 Å². The third-order valence-electron chi connectivity index (χ3n) is 3.95. The Balaban J connectivity index is 1.57. The molecule has 21 heavy (non-hydrogen) atoms. The summed E-state index contributed by atoms with van der Waals surface area (Å²) < 4.78 is 12.9. The Kier molecular flexibility index (Phi) is 5.16. The van der Waals surface area contributed by atoms with Crippen molar-refractivity contribution in [2.45, 2.75) is 31.5 Å². The summed E-state index contributed by atoms with van der Waals surface area (Å²) in [5.41, 5.74) is 1.21. The molecule has 3 rings (SSSR count). The lowest BCUT2D eigenvalue weighted by molar-refractivity contribution is -0.0404. The molecule has 0 aromatic heterocycles. The molecule has 2 aliphatic rings. The second kappa shape index (κ2) is 7.09. The van der Waals surface area contributed by atoms with E-state index in [1.165, 1.54) is 18.4 Å². The SMILES string of the molecule is CN1CCOC(COc2ccc(Br)cc2CNC2CC2)C1. The standard InChI is InChI=1S/C16H23BrN2O2/c1-19-6-7-20-15(10-19)11-21-16-5-2-13(17)8-12(16)9-18-14-3-4-14/h2,5,8,14-15,18H,3-4,6-7,9-11H2,1H3. The predicted molar refractivity (Wildman–Crippen MR) is 86.7 cm³/mol. The highest BCUT2D eigenvalue weighted by molar-refractivity contribution is 9.10. The van der Waals surface area contributed by atoms with Crippen molar-refractivity contribution in [1.29, 1.82) is 0 Å². The first-order valence-electron chi connectivity index (χ1n) is 7.65. The van der Waals surface area contributed by atoms with E-state index in [2.05, 4.69) is 39.3 Å². The molecular weight excluding hydrogens is 332 g/mol. The fourth-order valence-electron chi connectivity index (χ4n) is 2.52. The van der Waals surface area contributed by atoms with Gasteiger partial charge in [0, 0.05) is 35.7 Å². The first-order valence-corrected chi connectivity index (χ1v) is 8.45. The van der Waals surface area contributed by atoms with Crippen molar-refractivity contribution in [2.24, 2.45) is 0 Å². The number of halogens is 1. The van der Waals surface area contributed by atoms with E-state index in [1.54, 1.807) is 0 Å². The molecule has 5 heteroatoms. The molecule has 1 aliphatic heterocycles. The maximum atomic E-state index is 6.02. The van der Waals surface area contributed by atoms with E-state index in [9.17, 15) is 0 Å². The molecule has 4 nitrogen and oxygen atoms in total. The van der Waals surface area contributed by atoms with Crippen molar-refractivity contribution in [1.82, 2.24) is 10.2 Å². The van der Waals surface area contributed by atoms with Crippen LogP contribution in [0.3, 0.4) is 0 Å². The molecule has 1 saturated carbocycles. The van der Waals surface area contributed by atoms with Gasteiger partial charge in [0.15, 0.2) is 0 Å². The molecule has 0 radical (unpaired) electrons. The van der Waals surface area contributed by atoms with E-state index < -0.39 is 0 Å². The smallest absolute Gasteiger partial charge is 0.124 e. The molecule has 1 heterocycles. The van der Waals surface area contributed by atoms with Gasteiger partial charge in [-0.3, -0.25) is 0 Å². The Morgan fingerprint density at radius 2 is 2.29 bits per heavy atom. The summed E-state index contributed by atoms with van der Waals surface area (Å²) in [5, 5.41) is 3.55. The Morgan fingerprint density at radius 1 is 1.43 bits per heavy atom. The van der Waals surface area contributed by atoms with Gasteiger partial charge in [0.1, 0.15) is 18.5 Å². The van der Waals surface area contributed by atoms with Gasteiger partial charge in [-0.25, -0.2) is 0 Å². The van der Waals surface area contributed by atoms with Crippen LogP contribution in [-0.2, 0) is 11.3 Å². The lowest BCUT2D eigenvalue weighted by Gasteiger charge is -2.30. The van der Waals surface area contributed by atoms with Crippen LogP contribution in [0.25, 0.3) is 0 Å². The zero-order valence-electron chi connectivity index (χ0n) is 12.5. The Bertz CT molecular complexity index is 479. The molecule has 2 fully saturated rings. The Hall–Kier alpha value is -0.620. The highest BCUT2D eigenvalue weighted by Crippen LogP contribution is 2.26. The fourth-order valence-corrected chi connectivity index (χ4v) is 2.93. The van der Waals surface area contributed by atoms with Crippen LogP contribution in [0, 0.1) is 0 Å². The largest absolute Gasteiger partial charge is 0.490 e. The summed E-state index contributed by atoms with van der Waals surface area (Å²) in [7, 11) is 2.13. The van der Waals surface area contributed by atoms with E-state index in [-0.39, 0.29) is 6.10 Å². The van der Waals surface area contributed by atoms with Crippen LogP contribution in [0.5, 0.6) is 5.75 Å². The summed E-state index contributed by atoms with van der Waals surface area (Å²) in [6.45, 7) is 4.21. The number of ether oxygens (including phenoxy) is 2. The molecule has 1 aromatic rings. The van der Waals surface area contributed by atoms with Gasteiger partial charge in [0.2, 0.25) is 0 Å². The second-order valence-electron chi connectivity index (χ2n) is 5.97. The number of benzene rings is 1. The summed E-state index contributed by atoms with van der Waals surface area (Å²) in [6, 6.07) is 6.91. The van der Waals surface area contributed by atoms with Crippen LogP contribution in [0.15, 0.2) is 22.7 Å². The van der Waals surface area contributed by atoms with E-state index >= 15 is 0 Å². The lowest BCUT2D eigenvalue weighted by atomic mass is 10.2. The maximum Gasteiger partial charge on any atom is 0.124 e. The van der Waals surface area contributed by atoms with Crippen molar-refractivity contribution >= 4 is 15.9 Å². The van der Waals surface area contributed by atoms with Crippen molar-refractivity contribution in [3.05, 3.63) is 28.2 Å². The molecule has 1 aromatic carbocycles. The summed E-state index contributed by atoms with van der Waals surface area (Å²) >= 11 is 3.54. The quantitative estimate of drug-likeness (QED) is 0.850. The molecule has 1 aliphatic carbocycles. The monoisotopic (exact) mass is 354 g/mol. The van der Waals surface area contributed by atoms with Gasteiger partial charge in [-0.1, -0.05) is 15.9 Å². The van der Waals surface area contributed by atoms with Gasteiger partial charge in [-0.05, 0) is 38.1 Å². The van der Waals surface area contributed by atoms with Crippen LogP contribution in [0.4, 0.5) is 0 Å². The third kappa shape index (κ3) is 4.68. The molecule has 1 atom stereocenters. The van der Waals surface area contributed by atoms with Crippen LogP contribution in [0.1, 0.15) is 18.4 Å². The molecule has 0 amide bonds. The molecule has 0 bridgehead atoms. The molecule has 116 valence electrons. The fraction of sp³-hybridized carbons (Fsp3) is 0.625. The van der Waals surface area contributed by atoms with Crippen LogP contribution in [-0.4, -0.2) is 50.4 Å². The number of hydrogen-bond donors (Lipinski definition) is 1. The molecule has 1 N–H and O–H groups in total. The van der Waals surface area contributed by atoms with Gasteiger partial charge in [-0.15, -0.1) is 0 Å². The van der Waals surface area contributed by atoms with Gasteiger partial charge in [-0.2, -0.15) is 0 Å².